The summed E-state index contributed by atoms with van der Waals surface area (Å²) in [6.45, 7) is 6.58. The van der Waals surface area contributed by atoms with Crippen LogP contribution >= 0.6 is 11.3 Å². The molecule has 0 aromatic carbocycles. The smallest absolute Gasteiger partial charge is 0.341 e. The van der Waals surface area contributed by atoms with Crippen LogP contribution in [0.3, 0.4) is 0 Å². The van der Waals surface area contributed by atoms with E-state index in [0.717, 1.165) is 29.8 Å². The number of fused-ring (bicyclic) bond motifs is 1. The predicted molar refractivity (Wildman–Crippen MR) is 87.0 cm³/mol. The summed E-state index contributed by atoms with van der Waals surface area (Å²) >= 11 is 1.62. The van der Waals surface area contributed by atoms with Gasteiger partial charge in [0.25, 0.3) is 0 Å². The largest absolute Gasteiger partial charge is 0.481 e. The van der Waals surface area contributed by atoms with Crippen molar-refractivity contribution in [3.63, 3.8) is 0 Å². The van der Waals surface area contributed by atoms with Gasteiger partial charge in [-0.05, 0) is 45.6 Å². The van der Waals surface area contributed by atoms with Crippen LogP contribution in [0.15, 0.2) is 0 Å². The molecule has 0 amide bonds. The van der Waals surface area contributed by atoms with E-state index < -0.39 is 5.97 Å². The van der Waals surface area contributed by atoms with Crippen molar-refractivity contribution in [1.82, 2.24) is 0 Å². The van der Waals surface area contributed by atoms with E-state index in [-0.39, 0.29) is 18.4 Å². The zero-order valence-corrected chi connectivity index (χ0v) is 14.2. The maximum absolute atomic E-state index is 12.4. The Balaban J connectivity index is 2.39. The summed E-state index contributed by atoms with van der Waals surface area (Å²) in [7, 11) is 0. The Morgan fingerprint density at radius 3 is 2.68 bits per heavy atom. The molecule has 0 radical (unpaired) electrons. The lowest BCUT2D eigenvalue weighted by Crippen LogP contribution is -2.33. The topological polar surface area (TPSA) is 66.8 Å². The first-order chi connectivity index (χ1) is 10.5. The molecular weight excluding hydrogens is 302 g/mol. The third kappa shape index (κ3) is 3.43. The molecule has 6 heteroatoms. The highest BCUT2D eigenvalue weighted by atomic mass is 32.1. The molecule has 0 spiro atoms. The molecule has 2 rings (SSSR count). The third-order valence-electron chi connectivity index (χ3n) is 3.83. The van der Waals surface area contributed by atoms with Crippen molar-refractivity contribution < 1.29 is 19.4 Å². The molecule has 22 heavy (non-hydrogen) atoms. The minimum Gasteiger partial charge on any atom is -0.481 e. The van der Waals surface area contributed by atoms with Crippen LogP contribution in [0.2, 0.25) is 0 Å². The first-order valence-corrected chi connectivity index (χ1v) is 8.57. The number of thiophene rings is 1. The van der Waals surface area contributed by atoms with Gasteiger partial charge in [0.1, 0.15) is 5.00 Å². The summed E-state index contributed by atoms with van der Waals surface area (Å²) in [6, 6.07) is 0.131. The lowest BCUT2D eigenvalue weighted by atomic mass is 10.1. The Kier molecular flexibility index (Phi) is 5.45. The molecule has 0 bridgehead atoms. The molecule has 0 fully saturated rings. The molecule has 0 atom stereocenters. The number of nitrogens with zero attached hydrogens (tertiary/aromatic N) is 1. The average molecular weight is 325 g/mol. The van der Waals surface area contributed by atoms with Gasteiger partial charge in [0.15, 0.2) is 0 Å². The number of hydrogen-bond donors (Lipinski definition) is 1. The summed E-state index contributed by atoms with van der Waals surface area (Å²) in [5, 5.41) is 9.83. The summed E-state index contributed by atoms with van der Waals surface area (Å²) in [5.41, 5.74) is 1.78. The van der Waals surface area contributed by atoms with E-state index in [1.54, 1.807) is 18.3 Å². The molecule has 122 valence electrons. The lowest BCUT2D eigenvalue weighted by Gasteiger charge is -2.28. The number of aliphatic carboxylic acids is 1. The highest BCUT2D eigenvalue weighted by molar-refractivity contribution is 7.16. The number of anilines is 1. The second-order valence-corrected chi connectivity index (χ2v) is 6.77. The maximum Gasteiger partial charge on any atom is 0.341 e. The molecule has 0 aliphatic heterocycles. The standard InChI is InChI=1S/C16H23NO4S/c1-4-21-16(20)14-11-6-5-7-12(11)22-15(14)17(10(2)3)9-8-13(18)19/h10H,4-9H2,1-3H3,(H,18,19). The van der Waals surface area contributed by atoms with E-state index in [1.165, 1.54) is 4.88 Å². The number of carboxylic acids is 1. The van der Waals surface area contributed by atoms with Crippen molar-refractivity contribution in [2.45, 2.75) is 52.5 Å². The van der Waals surface area contributed by atoms with Gasteiger partial charge in [0.05, 0.1) is 18.6 Å². The first-order valence-electron chi connectivity index (χ1n) is 7.75. The Morgan fingerprint density at radius 1 is 1.36 bits per heavy atom. The maximum atomic E-state index is 12.4. The Bertz CT molecular complexity index is 565. The van der Waals surface area contributed by atoms with Gasteiger partial charge in [-0.1, -0.05) is 0 Å². The lowest BCUT2D eigenvalue weighted by molar-refractivity contribution is -0.136. The first kappa shape index (κ1) is 16.8. The van der Waals surface area contributed by atoms with E-state index in [0.29, 0.717) is 18.7 Å². The zero-order valence-electron chi connectivity index (χ0n) is 13.3. The van der Waals surface area contributed by atoms with Gasteiger partial charge >= 0.3 is 11.9 Å². The van der Waals surface area contributed by atoms with Gasteiger partial charge in [-0.15, -0.1) is 11.3 Å². The Labute approximate surface area is 134 Å². The molecule has 1 aliphatic carbocycles. The number of rotatable bonds is 7. The fourth-order valence-corrected chi connectivity index (χ4v) is 4.35. The highest BCUT2D eigenvalue weighted by Gasteiger charge is 2.30. The molecule has 0 saturated carbocycles. The molecule has 1 aliphatic rings. The van der Waals surface area contributed by atoms with Crippen LogP contribution in [0.5, 0.6) is 0 Å². The van der Waals surface area contributed by atoms with Gasteiger partial charge in [0, 0.05) is 17.5 Å². The van der Waals surface area contributed by atoms with Crippen LogP contribution in [-0.2, 0) is 22.4 Å². The predicted octanol–water partition coefficient (Wildman–Crippen LogP) is 3.10. The van der Waals surface area contributed by atoms with Gasteiger partial charge in [0.2, 0.25) is 0 Å². The van der Waals surface area contributed by atoms with E-state index >= 15 is 0 Å². The number of esters is 1. The van der Waals surface area contributed by atoms with Gasteiger partial charge in [-0.2, -0.15) is 0 Å². The number of hydrogen-bond acceptors (Lipinski definition) is 5. The van der Waals surface area contributed by atoms with Crippen LogP contribution in [0.25, 0.3) is 0 Å². The summed E-state index contributed by atoms with van der Waals surface area (Å²) in [6.07, 6.45) is 3.04. The highest BCUT2D eigenvalue weighted by Crippen LogP contribution is 2.42. The van der Waals surface area contributed by atoms with Crippen LogP contribution in [-0.4, -0.2) is 36.2 Å². The van der Waals surface area contributed by atoms with Crippen molar-refractivity contribution in [2.75, 3.05) is 18.1 Å². The monoisotopic (exact) mass is 325 g/mol. The van der Waals surface area contributed by atoms with E-state index in [9.17, 15) is 9.59 Å². The molecule has 0 saturated heterocycles. The SMILES string of the molecule is CCOC(=O)c1c(N(CCC(=O)O)C(C)C)sc2c1CCC2. The minimum atomic E-state index is -0.826. The van der Waals surface area contributed by atoms with Crippen molar-refractivity contribution >= 4 is 28.3 Å². The Hall–Kier alpha value is -1.56. The number of carboxylic acid groups (broad SMARTS) is 1. The van der Waals surface area contributed by atoms with Gasteiger partial charge < -0.3 is 14.7 Å². The second-order valence-electron chi connectivity index (χ2n) is 5.69. The molecule has 1 heterocycles. The molecule has 1 N–H and O–H groups in total. The van der Waals surface area contributed by atoms with Crippen molar-refractivity contribution in [3.8, 4) is 0 Å². The van der Waals surface area contributed by atoms with Crippen LogP contribution in [0, 0.1) is 0 Å². The summed E-state index contributed by atoms with van der Waals surface area (Å²) in [4.78, 5) is 26.6. The number of carbonyl (C=O) groups excluding carboxylic acids is 1. The van der Waals surface area contributed by atoms with Crippen molar-refractivity contribution in [1.29, 1.82) is 0 Å². The molecule has 1 aromatic heterocycles. The zero-order chi connectivity index (χ0) is 16.3. The normalized spacial score (nSPS) is 13.3. The molecular formula is C16H23NO4S. The number of carbonyl (C=O) groups is 2. The Morgan fingerprint density at radius 2 is 2.09 bits per heavy atom. The number of ether oxygens (including phenoxy) is 1. The van der Waals surface area contributed by atoms with Gasteiger partial charge in [-0.25, -0.2) is 4.79 Å². The van der Waals surface area contributed by atoms with Crippen LogP contribution in [0.4, 0.5) is 5.00 Å². The number of aryl methyl sites for hydroxylation is 1. The molecule has 1 aromatic rings. The minimum absolute atomic E-state index is 0.0585. The third-order valence-corrected chi connectivity index (χ3v) is 5.16. The van der Waals surface area contributed by atoms with Crippen LogP contribution in [0.1, 0.15) is 54.4 Å². The van der Waals surface area contributed by atoms with Crippen LogP contribution < -0.4 is 4.90 Å². The van der Waals surface area contributed by atoms with Gasteiger partial charge in [-0.3, -0.25) is 4.79 Å². The van der Waals surface area contributed by atoms with Crippen molar-refractivity contribution in [2.24, 2.45) is 0 Å². The summed E-state index contributed by atoms with van der Waals surface area (Å²) < 4.78 is 5.23. The van der Waals surface area contributed by atoms with E-state index in [1.807, 2.05) is 18.7 Å². The average Bonchev–Trinajstić information content (AvgIpc) is 2.98. The molecule has 5 nitrogen and oxygen atoms in total. The summed E-state index contributed by atoms with van der Waals surface area (Å²) in [5.74, 6) is -1.11. The van der Waals surface area contributed by atoms with E-state index in [2.05, 4.69) is 0 Å². The van der Waals surface area contributed by atoms with Crippen molar-refractivity contribution in [3.05, 3.63) is 16.0 Å². The quantitative estimate of drug-likeness (QED) is 0.780. The van der Waals surface area contributed by atoms with E-state index in [4.69, 9.17) is 9.84 Å². The fraction of sp³-hybridized carbons (Fsp3) is 0.625. The molecule has 0 unspecified atom stereocenters. The second kappa shape index (κ2) is 7.13. The fourth-order valence-electron chi connectivity index (χ4n) is 2.82.